The van der Waals surface area contributed by atoms with Crippen molar-refractivity contribution in [2.45, 2.75) is 37.9 Å². The van der Waals surface area contributed by atoms with Gasteiger partial charge in [0.25, 0.3) is 0 Å². The Labute approximate surface area is 92.1 Å². The zero-order chi connectivity index (χ0) is 11.5. The van der Waals surface area contributed by atoms with E-state index >= 15 is 0 Å². The molecule has 15 heavy (non-hydrogen) atoms. The highest BCUT2D eigenvalue weighted by molar-refractivity contribution is 4.72. The molecule has 2 atom stereocenters. The summed E-state index contributed by atoms with van der Waals surface area (Å²) in [4.78, 5) is 0. The van der Waals surface area contributed by atoms with Gasteiger partial charge in [-0.15, -0.1) is 13.2 Å². The summed E-state index contributed by atoms with van der Waals surface area (Å²) < 4.78 is 5.28. The number of rotatable bonds is 10. The second kappa shape index (κ2) is 9.90. The molecule has 0 aromatic heterocycles. The molecule has 0 aliphatic carbocycles. The van der Waals surface area contributed by atoms with E-state index in [1.54, 1.807) is 12.2 Å². The highest BCUT2D eigenvalue weighted by atomic mass is 16.5. The van der Waals surface area contributed by atoms with E-state index in [9.17, 15) is 10.2 Å². The summed E-state index contributed by atoms with van der Waals surface area (Å²) in [6, 6.07) is 0. The third kappa shape index (κ3) is 9.66. The van der Waals surface area contributed by atoms with Crippen LogP contribution in [0.1, 0.15) is 25.7 Å². The van der Waals surface area contributed by atoms with Crippen molar-refractivity contribution in [2.75, 3.05) is 13.2 Å². The molecule has 0 aliphatic rings. The van der Waals surface area contributed by atoms with Crippen molar-refractivity contribution in [2.24, 2.45) is 0 Å². The lowest BCUT2D eigenvalue weighted by Gasteiger charge is -2.10. The minimum Gasteiger partial charge on any atom is -0.393 e. The second-order valence-electron chi connectivity index (χ2n) is 3.55. The number of hydrogen-bond donors (Lipinski definition) is 2. The SMILES string of the molecule is C=CCC(O)CCOCCC(O)CC=C. The first kappa shape index (κ1) is 14.4. The number of hydrogen-bond acceptors (Lipinski definition) is 3. The fraction of sp³-hybridized carbons (Fsp3) is 0.667. The topological polar surface area (TPSA) is 49.7 Å². The van der Waals surface area contributed by atoms with E-state index in [0.717, 1.165) is 0 Å². The van der Waals surface area contributed by atoms with Crippen LogP contribution in [0.2, 0.25) is 0 Å². The maximum atomic E-state index is 9.33. The van der Waals surface area contributed by atoms with Crippen molar-refractivity contribution < 1.29 is 14.9 Å². The Morgan fingerprint density at radius 3 is 1.67 bits per heavy atom. The van der Waals surface area contributed by atoms with E-state index in [1.807, 2.05) is 0 Å². The molecule has 0 spiro atoms. The van der Waals surface area contributed by atoms with Crippen molar-refractivity contribution in [3.8, 4) is 0 Å². The van der Waals surface area contributed by atoms with Crippen molar-refractivity contribution >= 4 is 0 Å². The van der Waals surface area contributed by atoms with Crippen LogP contribution in [0.25, 0.3) is 0 Å². The average molecular weight is 214 g/mol. The van der Waals surface area contributed by atoms with Gasteiger partial charge >= 0.3 is 0 Å². The molecule has 0 saturated heterocycles. The third-order valence-corrected chi connectivity index (χ3v) is 2.07. The number of ether oxygens (including phenoxy) is 1. The van der Waals surface area contributed by atoms with E-state index in [4.69, 9.17) is 4.74 Å². The summed E-state index contributed by atoms with van der Waals surface area (Å²) in [6.07, 6.45) is 5.09. The quantitative estimate of drug-likeness (QED) is 0.429. The van der Waals surface area contributed by atoms with Gasteiger partial charge in [-0.3, -0.25) is 0 Å². The Kier molecular flexibility index (Phi) is 9.48. The smallest absolute Gasteiger partial charge is 0.0596 e. The molecule has 0 fully saturated rings. The van der Waals surface area contributed by atoms with Gasteiger partial charge in [0, 0.05) is 13.2 Å². The molecule has 0 aromatic carbocycles. The average Bonchev–Trinajstić information content (AvgIpc) is 2.18. The third-order valence-electron chi connectivity index (χ3n) is 2.07. The van der Waals surface area contributed by atoms with Crippen molar-refractivity contribution in [1.29, 1.82) is 0 Å². The van der Waals surface area contributed by atoms with Crippen LogP contribution in [-0.2, 0) is 4.74 Å². The van der Waals surface area contributed by atoms with Crippen LogP contribution < -0.4 is 0 Å². The molecular weight excluding hydrogens is 192 g/mol. The zero-order valence-electron chi connectivity index (χ0n) is 9.27. The lowest BCUT2D eigenvalue weighted by Crippen LogP contribution is -2.13. The summed E-state index contributed by atoms with van der Waals surface area (Å²) in [6.45, 7) is 8.14. The summed E-state index contributed by atoms with van der Waals surface area (Å²) in [5.41, 5.74) is 0. The van der Waals surface area contributed by atoms with E-state index in [-0.39, 0.29) is 12.2 Å². The standard InChI is InChI=1S/C12H22O3/c1-3-5-11(13)7-9-15-10-8-12(14)6-4-2/h3-4,11-14H,1-2,5-10H2. The Morgan fingerprint density at radius 1 is 0.933 bits per heavy atom. The van der Waals surface area contributed by atoms with Crippen LogP contribution in [0.15, 0.2) is 25.3 Å². The van der Waals surface area contributed by atoms with Gasteiger partial charge in [0.1, 0.15) is 0 Å². The summed E-state index contributed by atoms with van der Waals surface area (Å²) in [5, 5.41) is 18.7. The summed E-state index contributed by atoms with van der Waals surface area (Å²) >= 11 is 0. The molecule has 0 rings (SSSR count). The lowest BCUT2D eigenvalue weighted by atomic mass is 10.2. The minimum atomic E-state index is -0.361. The Morgan fingerprint density at radius 2 is 1.33 bits per heavy atom. The highest BCUT2D eigenvalue weighted by Crippen LogP contribution is 2.01. The molecular formula is C12H22O3. The van der Waals surface area contributed by atoms with E-state index in [0.29, 0.717) is 38.9 Å². The van der Waals surface area contributed by atoms with Crippen LogP contribution in [0.5, 0.6) is 0 Å². The molecule has 0 saturated carbocycles. The molecule has 3 heteroatoms. The highest BCUT2D eigenvalue weighted by Gasteiger charge is 2.03. The molecule has 88 valence electrons. The number of aliphatic hydroxyl groups excluding tert-OH is 2. The van der Waals surface area contributed by atoms with Crippen molar-refractivity contribution in [3.05, 3.63) is 25.3 Å². The maximum Gasteiger partial charge on any atom is 0.0596 e. The van der Waals surface area contributed by atoms with E-state index in [1.165, 1.54) is 0 Å². The van der Waals surface area contributed by atoms with Gasteiger partial charge in [0.05, 0.1) is 12.2 Å². The monoisotopic (exact) mass is 214 g/mol. The van der Waals surface area contributed by atoms with Crippen LogP contribution in [0, 0.1) is 0 Å². The van der Waals surface area contributed by atoms with Gasteiger partial charge in [0.15, 0.2) is 0 Å². The molecule has 0 aromatic rings. The lowest BCUT2D eigenvalue weighted by molar-refractivity contribution is 0.0589. The Hall–Kier alpha value is -0.640. The van der Waals surface area contributed by atoms with Gasteiger partial charge in [0.2, 0.25) is 0 Å². The van der Waals surface area contributed by atoms with Gasteiger partial charge in [-0.2, -0.15) is 0 Å². The predicted molar refractivity (Wildman–Crippen MR) is 61.7 cm³/mol. The van der Waals surface area contributed by atoms with E-state index in [2.05, 4.69) is 13.2 Å². The molecule has 0 bridgehead atoms. The molecule has 2 unspecified atom stereocenters. The van der Waals surface area contributed by atoms with Crippen molar-refractivity contribution in [1.82, 2.24) is 0 Å². The van der Waals surface area contributed by atoms with Crippen molar-refractivity contribution in [3.63, 3.8) is 0 Å². The van der Waals surface area contributed by atoms with Gasteiger partial charge < -0.3 is 14.9 Å². The fourth-order valence-electron chi connectivity index (χ4n) is 1.16. The zero-order valence-corrected chi connectivity index (χ0v) is 9.27. The summed E-state index contributed by atoms with van der Waals surface area (Å²) in [5.74, 6) is 0. The Bertz CT molecular complexity index is 150. The molecule has 3 nitrogen and oxygen atoms in total. The summed E-state index contributed by atoms with van der Waals surface area (Å²) in [7, 11) is 0. The van der Waals surface area contributed by atoms with Crippen LogP contribution in [0.4, 0.5) is 0 Å². The van der Waals surface area contributed by atoms with Gasteiger partial charge in [-0.1, -0.05) is 12.2 Å². The first-order valence-corrected chi connectivity index (χ1v) is 5.36. The number of aliphatic hydroxyl groups is 2. The predicted octanol–water partition coefficient (Wildman–Crippen LogP) is 1.66. The largest absolute Gasteiger partial charge is 0.393 e. The normalized spacial score (nSPS) is 14.5. The van der Waals surface area contributed by atoms with E-state index < -0.39 is 0 Å². The minimum absolute atomic E-state index is 0.361. The van der Waals surface area contributed by atoms with Crippen LogP contribution >= 0.6 is 0 Å². The fourth-order valence-corrected chi connectivity index (χ4v) is 1.16. The van der Waals surface area contributed by atoms with Crippen LogP contribution in [0.3, 0.4) is 0 Å². The molecule has 0 amide bonds. The first-order valence-electron chi connectivity index (χ1n) is 5.36. The van der Waals surface area contributed by atoms with Gasteiger partial charge in [-0.25, -0.2) is 0 Å². The molecule has 2 N–H and O–H groups in total. The van der Waals surface area contributed by atoms with Crippen LogP contribution in [-0.4, -0.2) is 35.6 Å². The molecule has 0 heterocycles. The second-order valence-corrected chi connectivity index (χ2v) is 3.55. The Balaban J connectivity index is 3.23. The van der Waals surface area contributed by atoms with Gasteiger partial charge in [-0.05, 0) is 25.7 Å². The maximum absolute atomic E-state index is 9.33. The molecule has 0 radical (unpaired) electrons. The first-order chi connectivity index (χ1) is 7.20. The molecule has 0 aliphatic heterocycles.